The van der Waals surface area contributed by atoms with E-state index in [0.717, 1.165) is 6.54 Å². The van der Waals surface area contributed by atoms with Crippen LogP contribution in [-0.2, 0) is 32.2 Å². The van der Waals surface area contributed by atoms with Gasteiger partial charge >= 0.3 is 0 Å². The minimum atomic E-state index is 0.626. The largest absolute Gasteiger partial charge is 0.369 e. The Morgan fingerprint density at radius 1 is 0.353 bits per heavy atom. The molecule has 4 aromatic carbocycles. The lowest BCUT2D eigenvalue weighted by molar-refractivity contribution is 0.203. The third-order valence-corrected chi connectivity index (χ3v) is 11.0. The molecule has 51 heavy (non-hydrogen) atoms. The smallest absolute Gasteiger partial charge is 0.0401 e. The average molecular weight is 687 g/mol. The van der Waals surface area contributed by atoms with Crippen LogP contribution < -0.4 is 14.7 Å². The number of fused-ring (bicyclic) bond motifs is 4. The van der Waals surface area contributed by atoms with E-state index in [4.69, 9.17) is 0 Å². The SMILES string of the molecule is CC(C)N1CCCc2ccccc21.CC(C)N1CCCc2ccccc21.CC(C)N1CCc2ccccc21.CC(C)N1CCc2ccccc2C1. The van der Waals surface area contributed by atoms with Crippen LogP contribution in [0.15, 0.2) is 97.1 Å². The van der Waals surface area contributed by atoms with E-state index in [1.807, 2.05) is 0 Å². The van der Waals surface area contributed by atoms with Crippen LogP contribution in [0, 0.1) is 0 Å². The van der Waals surface area contributed by atoms with E-state index in [1.54, 1.807) is 5.56 Å². The van der Waals surface area contributed by atoms with Gasteiger partial charge in [0.2, 0.25) is 0 Å². The fourth-order valence-electron chi connectivity index (χ4n) is 8.06. The summed E-state index contributed by atoms with van der Waals surface area (Å²) in [5.74, 6) is 0. The molecule has 8 rings (SSSR count). The van der Waals surface area contributed by atoms with Crippen molar-refractivity contribution >= 4 is 17.1 Å². The van der Waals surface area contributed by atoms with Gasteiger partial charge in [0.05, 0.1) is 0 Å². The average Bonchev–Trinajstić information content (AvgIpc) is 3.60. The van der Waals surface area contributed by atoms with E-state index in [-0.39, 0.29) is 0 Å². The molecule has 0 atom stereocenters. The number of hydrogen-bond donors (Lipinski definition) is 0. The Kier molecular flexibility index (Phi) is 14.1. The molecule has 0 unspecified atom stereocenters. The molecular weight excluding hydrogens is 621 g/mol. The molecule has 0 saturated heterocycles. The first-order valence-electron chi connectivity index (χ1n) is 20.0. The molecular formula is C47H66N4. The molecule has 0 aromatic heterocycles. The molecule has 0 N–H and O–H groups in total. The highest BCUT2D eigenvalue weighted by molar-refractivity contribution is 5.59. The summed E-state index contributed by atoms with van der Waals surface area (Å²) in [4.78, 5) is 10.00. The van der Waals surface area contributed by atoms with E-state index in [0.29, 0.717) is 24.2 Å². The lowest BCUT2D eigenvalue weighted by Gasteiger charge is -2.34. The number of rotatable bonds is 4. The first kappa shape index (κ1) is 38.5. The van der Waals surface area contributed by atoms with Crippen molar-refractivity contribution in [1.82, 2.24) is 4.90 Å². The maximum absolute atomic E-state index is 2.53. The van der Waals surface area contributed by atoms with Gasteiger partial charge in [-0.15, -0.1) is 0 Å². The van der Waals surface area contributed by atoms with Crippen LogP contribution in [0.3, 0.4) is 0 Å². The number of hydrogen-bond acceptors (Lipinski definition) is 4. The summed E-state index contributed by atoms with van der Waals surface area (Å²) in [6.07, 6.45) is 7.53. The summed E-state index contributed by atoms with van der Waals surface area (Å²) < 4.78 is 0. The molecule has 0 radical (unpaired) electrons. The molecule has 0 fully saturated rings. The zero-order valence-corrected chi connectivity index (χ0v) is 33.1. The highest BCUT2D eigenvalue weighted by atomic mass is 15.2. The van der Waals surface area contributed by atoms with Crippen LogP contribution in [0.5, 0.6) is 0 Å². The summed E-state index contributed by atoms with van der Waals surface area (Å²) in [6, 6.07) is 37.6. The topological polar surface area (TPSA) is 13.0 Å². The van der Waals surface area contributed by atoms with E-state index < -0.39 is 0 Å². The van der Waals surface area contributed by atoms with Gasteiger partial charge in [-0.25, -0.2) is 0 Å². The predicted octanol–water partition coefficient (Wildman–Crippen LogP) is 10.6. The van der Waals surface area contributed by atoms with Gasteiger partial charge in [-0.05, 0) is 140 Å². The van der Waals surface area contributed by atoms with Gasteiger partial charge in [-0.1, -0.05) is 78.9 Å². The van der Waals surface area contributed by atoms with E-state index in [1.165, 1.54) is 104 Å². The zero-order valence-electron chi connectivity index (χ0n) is 33.1. The fraction of sp³-hybridized carbons (Fsp3) is 0.489. The normalized spacial score (nSPS) is 16.3. The lowest BCUT2D eigenvalue weighted by Crippen LogP contribution is -2.35. The number of anilines is 3. The Balaban J connectivity index is 0.000000132. The fourth-order valence-corrected chi connectivity index (χ4v) is 8.06. The molecule has 4 aromatic rings. The molecule has 4 heteroatoms. The van der Waals surface area contributed by atoms with Crippen molar-refractivity contribution in [3.8, 4) is 0 Å². The van der Waals surface area contributed by atoms with Gasteiger partial charge in [-0.3, -0.25) is 4.90 Å². The molecule has 0 amide bonds. The standard InChI is InChI=1S/3C12H17N.C11H15N/c2*1-10(2)13-9-5-7-11-6-3-4-8-12(11)13;1-10(2)13-8-7-11-5-3-4-6-12(11)9-13;1-9(2)12-8-7-10-5-3-4-6-11(10)12/h2*3-4,6,8,10H,5,7,9H2,1-2H3;3-6,10H,7-9H2,1-2H3;3-6,9H,7-8H2,1-2H3. The molecule has 4 aliphatic heterocycles. The van der Waals surface area contributed by atoms with Crippen molar-refractivity contribution in [3.05, 3.63) is 125 Å². The second-order valence-corrected chi connectivity index (χ2v) is 15.8. The molecule has 4 nitrogen and oxygen atoms in total. The second kappa shape index (κ2) is 18.6. The maximum Gasteiger partial charge on any atom is 0.0401 e. The number of aryl methyl sites for hydroxylation is 2. The van der Waals surface area contributed by atoms with Gasteiger partial charge < -0.3 is 14.7 Å². The van der Waals surface area contributed by atoms with Gasteiger partial charge in [0, 0.05) is 74.0 Å². The van der Waals surface area contributed by atoms with E-state index >= 15 is 0 Å². The Morgan fingerprint density at radius 2 is 0.706 bits per heavy atom. The molecule has 0 aliphatic carbocycles. The van der Waals surface area contributed by atoms with E-state index in [9.17, 15) is 0 Å². The van der Waals surface area contributed by atoms with Gasteiger partial charge in [0.1, 0.15) is 0 Å². The highest BCUT2D eigenvalue weighted by Gasteiger charge is 2.21. The van der Waals surface area contributed by atoms with Crippen molar-refractivity contribution < 1.29 is 0 Å². The van der Waals surface area contributed by atoms with Crippen LogP contribution in [0.2, 0.25) is 0 Å². The van der Waals surface area contributed by atoms with Crippen molar-refractivity contribution in [2.75, 3.05) is 40.9 Å². The highest BCUT2D eigenvalue weighted by Crippen LogP contribution is 2.30. The van der Waals surface area contributed by atoms with Crippen LogP contribution >= 0.6 is 0 Å². The zero-order chi connectivity index (χ0) is 36.3. The minimum absolute atomic E-state index is 0.626. The van der Waals surface area contributed by atoms with Gasteiger partial charge in [0.15, 0.2) is 0 Å². The Hall–Kier alpha value is -3.76. The lowest BCUT2D eigenvalue weighted by atomic mass is 9.99. The summed E-state index contributed by atoms with van der Waals surface area (Å²) in [5, 5.41) is 0. The first-order chi connectivity index (χ1) is 24.6. The Labute approximate surface area is 311 Å². The number of nitrogens with zero attached hydrogens (tertiary/aromatic N) is 4. The first-order valence-corrected chi connectivity index (χ1v) is 20.0. The summed E-state index contributed by atoms with van der Waals surface area (Å²) in [7, 11) is 0. The summed E-state index contributed by atoms with van der Waals surface area (Å²) >= 11 is 0. The molecule has 0 saturated carbocycles. The van der Waals surface area contributed by atoms with Crippen LogP contribution in [-0.4, -0.2) is 55.2 Å². The molecule has 4 heterocycles. The predicted molar refractivity (Wildman–Crippen MR) is 223 cm³/mol. The van der Waals surface area contributed by atoms with Crippen molar-refractivity contribution in [1.29, 1.82) is 0 Å². The van der Waals surface area contributed by atoms with Gasteiger partial charge in [0.25, 0.3) is 0 Å². The Morgan fingerprint density at radius 3 is 1.14 bits per heavy atom. The van der Waals surface area contributed by atoms with Crippen molar-refractivity contribution in [2.24, 2.45) is 0 Å². The summed E-state index contributed by atoms with van der Waals surface area (Å²) in [6.45, 7) is 24.1. The van der Waals surface area contributed by atoms with Gasteiger partial charge in [-0.2, -0.15) is 0 Å². The minimum Gasteiger partial charge on any atom is -0.369 e. The number of benzene rings is 4. The van der Waals surface area contributed by atoms with Crippen LogP contribution in [0.4, 0.5) is 17.1 Å². The van der Waals surface area contributed by atoms with Crippen molar-refractivity contribution in [3.63, 3.8) is 0 Å². The number of para-hydroxylation sites is 3. The molecule has 4 aliphatic rings. The van der Waals surface area contributed by atoms with Crippen LogP contribution in [0.1, 0.15) is 96.0 Å². The third kappa shape index (κ3) is 10.2. The van der Waals surface area contributed by atoms with Crippen molar-refractivity contribution in [2.45, 2.75) is 125 Å². The quantitative estimate of drug-likeness (QED) is 0.212. The summed E-state index contributed by atoms with van der Waals surface area (Å²) in [5.41, 5.74) is 11.9. The maximum atomic E-state index is 2.53. The van der Waals surface area contributed by atoms with Crippen LogP contribution in [0.25, 0.3) is 0 Å². The molecule has 274 valence electrons. The third-order valence-electron chi connectivity index (χ3n) is 11.0. The molecule has 0 bridgehead atoms. The van der Waals surface area contributed by atoms with E-state index in [2.05, 4.69) is 172 Å². The molecule has 0 spiro atoms. The monoisotopic (exact) mass is 687 g/mol. The Bertz CT molecular complexity index is 1580. The second-order valence-electron chi connectivity index (χ2n) is 15.8.